The molecule has 0 radical (unpaired) electrons. The first kappa shape index (κ1) is 31.2. The molecule has 2 aromatic carbocycles. The van der Waals surface area contributed by atoms with E-state index in [9.17, 15) is 9.59 Å². The Labute approximate surface area is 269 Å². The van der Waals surface area contributed by atoms with Gasteiger partial charge in [-0.15, -0.1) is 0 Å². The van der Waals surface area contributed by atoms with E-state index in [0.717, 1.165) is 59.5 Å². The number of amides is 2. The van der Waals surface area contributed by atoms with Crippen LogP contribution in [0.15, 0.2) is 60.9 Å². The summed E-state index contributed by atoms with van der Waals surface area (Å²) in [6.45, 7) is 9.08. The topological polar surface area (TPSA) is 124 Å². The van der Waals surface area contributed by atoms with Crippen molar-refractivity contribution in [2.75, 3.05) is 25.1 Å². The minimum absolute atomic E-state index is 0.00336. The van der Waals surface area contributed by atoms with Gasteiger partial charge in [-0.1, -0.05) is 24.3 Å². The molecule has 1 fully saturated rings. The molecule has 4 heterocycles. The Balaban J connectivity index is 1.24. The molecule has 46 heavy (non-hydrogen) atoms. The molecule has 6 rings (SSSR count). The standard InChI is InChI=1S/C35H41N7O4/c1-23(43)41-16-15-30-29(21-41)34(39-33(38-30)25-8-7-9-28(18-25)46-22-31(44)40-35(2,3)4)37-27-13-11-24(12-14-27)26-19-36-42(20-26)32-10-5-6-17-45-32/h7-9,11-14,18-20,32H,5-6,10,15-17,21-22H2,1-4H3,(H,40,44)(H,37,38,39). The van der Waals surface area contributed by atoms with Crippen LogP contribution in [-0.4, -0.2) is 61.8 Å². The number of hydrogen-bond donors (Lipinski definition) is 2. The molecule has 0 aliphatic carbocycles. The predicted octanol–water partition coefficient (Wildman–Crippen LogP) is 5.65. The molecule has 1 atom stereocenters. The number of ether oxygens (including phenoxy) is 2. The van der Waals surface area contributed by atoms with Crippen LogP contribution in [0.2, 0.25) is 0 Å². The summed E-state index contributed by atoms with van der Waals surface area (Å²) in [4.78, 5) is 36.2. The van der Waals surface area contributed by atoms with E-state index < -0.39 is 0 Å². The lowest BCUT2D eigenvalue weighted by Gasteiger charge is -2.29. The van der Waals surface area contributed by atoms with Crippen molar-refractivity contribution >= 4 is 23.3 Å². The fourth-order valence-electron chi connectivity index (χ4n) is 5.70. The van der Waals surface area contributed by atoms with E-state index >= 15 is 0 Å². The van der Waals surface area contributed by atoms with Gasteiger partial charge in [-0.25, -0.2) is 14.6 Å². The van der Waals surface area contributed by atoms with E-state index in [1.807, 2.05) is 79.1 Å². The van der Waals surface area contributed by atoms with Crippen molar-refractivity contribution in [1.29, 1.82) is 0 Å². The molecule has 2 amide bonds. The zero-order chi connectivity index (χ0) is 32.3. The first-order chi connectivity index (χ1) is 22.1. The highest BCUT2D eigenvalue weighted by molar-refractivity contribution is 5.78. The second-order valence-corrected chi connectivity index (χ2v) is 12.9. The van der Waals surface area contributed by atoms with E-state index in [1.54, 1.807) is 6.92 Å². The number of carbonyl (C=O) groups is 2. The molecule has 2 aliphatic heterocycles. The van der Waals surface area contributed by atoms with Gasteiger partial charge in [-0.3, -0.25) is 9.59 Å². The Morgan fingerprint density at radius 1 is 1.04 bits per heavy atom. The molecule has 0 spiro atoms. The van der Waals surface area contributed by atoms with Gasteiger partial charge in [0.15, 0.2) is 12.4 Å². The predicted molar refractivity (Wildman–Crippen MR) is 175 cm³/mol. The first-order valence-corrected chi connectivity index (χ1v) is 15.8. The maximum Gasteiger partial charge on any atom is 0.258 e. The van der Waals surface area contributed by atoms with Crippen molar-refractivity contribution in [3.05, 3.63) is 72.2 Å². The zero-order valence-electron chi connectivity index (χ0n) is 26.9. The molecule has 240 valence electrons. The lowest BCUT2D eigenvalue weighted by atomic mass is 10.0. The minimum atomic E-state index is -0.339. The SMILES string of the molecule is CC(=O)N1CCc2nc(-c3cccc(OCC(=O)NC(C)(C)C)c3)nc(Nc3ccc(-c4cnn(C5CCCCO5)c4)cc3)c2C1. The van der Waals surface area contributed by atoms with Crippen molar-refractivity contribution in [1.82, 2.24) is 30.0 Å². The van der Waals surface area contributed by atoms with Crippen LogP contribution in [0.1, 0.15) is 64.4 Å². The molecular weight excluding hydrogens is 582 g/mol. The lowest BCUT2D eigenvalue weighted by molar-refractivity contribution is -0.129. The molecule has 0 saturated carbocycles. The summed E-state index contributed by atoms with van der Waals surface area (Å²) in [5.74, 6) is 1.56. The molecule has 0 bridgehead atoms. The van der Waals surface area contributed by atoms with Crippen molar-refractivity contribution in [3.63, 3.8) is 0 Å². The second kappa shape index (κ2) is 13.3. The summed E-state index contributed by atoms with van der Waals surface area (Å²) < 4.78 is 13.6. The van der Waals surface area contributed by atoms with Gasteiger partial charge in [-0.2, -0.15) is 5.10 Å². The normalized spacial score (nSPS) is 16.4. The van der Waals surface area contributed by atoms with Crippen molar-refractivity contribution in [2.45, 2.75) is 71.7 Å². The highest BCUT2D eigenvalue weighted by Gasteiger charge is 2.25. The van der Waals surface area contributed by atoms with Crippen LogP contribution in [-0.2, 0) is 27.3 Å². The summed E-state index contributed by atoms with van der Waals surface area (Å²) >= 11 is 0. The third-order valence-electron chi connectivity index (χ3n) is 8.02. The van der Waals surface area contributed by atoms with Crippen LogP contribution in [0, 0.1) is 0 Å². The first-order valence-electron chi connectivity index (χ1n) is 15.8. The number of hydrogen-bond acceptors (Lipinski definition) is 8. The highest BCUT2D eigenvalue weighted by atomic mass is 16.5. The molecule has 11 heteroatoms. The minimum Gasteiger partial charge on any atom is -0.484 e. The van der Waals surface area contributed by atoms with Crippen LogP contribution >= 0.6 is 0 Å². The number of carbonyl (C=O) groups excluding carboxylic acids is 2. The largest absolute Gasteiger partial charge is 0.484 e. The van der Waals surface area contributed by atoms with Gasteiger partial charge < -0.3 is 25.0 Å². The van der Waals surface area contributed by atoms with Crippen molar-refractivity contribution < 1.29 is 19.1 Å². The maximum absolute atomic E-state index is 12.3. The lowest BCUT2D eigenvalue weighted by Crippen LogP contribution is -2.43. The summed E-state index contributed by atoms with van der Waals surface area (Å²) in [6, 6.07) is 15.6. The monoisotopic (exact) mass is 623 g/mol. The number of benzene rings is 2. The highest BCUT2D eigenvalue weighted by Crippen LogP contribution is 2.32. The van der Waals surface area contributed by atoms with Gasteiger partial charge >= 0.3 is 0 Å². The fraction of sp³-hybridized carbons (Fsp3) is 0.400. The Morgan fingerprint density at radius 2 is 1.87 bits per heavy atom. The molecule has 1 unspecified atom stereocenters. The average Bonchev–Trinajstić information content (AvgIpc) is 3.54. The summed E-state index contributed by atoms with van der Waals surface area (Å²) in [6.07, 6.45) is 7.75. The molecule has 11 nitrogen and oxygen atoms in total. The van der Waals surface area contributed by atoms with Crippen LogP contribution < -0.4 is 15.4 Å². The molecule has 2 aliphatic rings. The van der Waals surface area contributed by atoms with E-state index in [4.69, 9.17) is 19.4 Å². The average molecular weight is 624 g/mol. The molecule has 4 aromatic rings. The van der Waals surface area contributed by atoms with Gasteiger partial charge in [0, 0.05) is 60.6 Å². The second-order valence-electron chi connectivity index (χ2n) is 12.9. The Morgan fingerprint density at radius 3 is 2.61 bits per heavy atom. The number of anilines is 2. The fourth-order valence-corrected chi connectivity index (χ4v) is 5.70. The van der Waals surface area contributed by atoms with Crippen LogP contribution in [0.25, 0.3) is 22.5 Å². The quantitative estimate of drug-likeness (QED) is 0.258. The Kier molecular flexibility index (Phi) is 9.03. The number of fused-ring (bicyclic) bond motifs is 1. The van der Waals surface area contributed by atoms with Crippen LogP contribution in [0.3, 0.4) is 0 Å². The number of rotatable bonds is 8. The third kappa shape index (κ3) is 7.54. The molecule has 2 N–H and O–H groups in total. The maximum atomic E-state index is 12.3. The van der Waals surface area contributed by atoms with Crippen LogP contribution in [0.5, 0.6) is 5.75 Å². The van der Waals surface area contributed by atoms with E-state index in [-0.39, 0.29) is 30.2 Å². The van der Waals surface area contributed by atoms with Crippen LogP contribution in [0.4, 0.5) is 11.5 Å². The van der Waals surface area contributed by atoms with Gasteiger partial charge in [0.25, 0.3) is 5.91 Å². The molecule has 1 saturated heterocycles. The van der Waals surface area contributed by atoms with E-state index in [1.165, 1.54) is 0 Å². The number of aromatic nitrogens is 4. The van der Waals surface area contributed by atoms with Gasteiger partial charge in [0.2, 0.25) is 5.91 Å². The van der Waals surface area contributed by atoms with Gasteiger partial charge in [-0.05, 0) is 69.9 Å². The number of nitrogens with one attached hydrogen (secondary N) is 2. The van der Waals surface area contributed by atoms with E-state index in [2.05, 4.69) is 27.9 Å². The smallest absolute Gasteiger partial charge is 0.258 e. The summed E-state index contributed by atoms with van der Waals surface area (Å²) in [5.41, 5.74) is 5.16. The Hall–Kier alpha value is -4.77. The van der Waals surface area contributed by atoms with Crippen molar-refractivity contribution in [3.8, 4) is 28.3 Å². The summed E-state index contributed by atoms with van der Waals surface area (Å²) in [7, 11) is 0. The summed E-state index contributed by atoms with van der Waals surface area (Å²) in [5, 5.41) is 11.0. The third-order valence-corrected chi connectivity index (χ3v) is 8.02. The molecule has 2 aromatic heterocycles. The van der Waals surface area contributed by atoms with Crippen molar-refractivity contribution in [2.24, 2.45) is 0 Å². The number of nitrogens with zero attached hydrogens (tertiary/aromatic N) is 5. The zero-order valence-corrected chi connectivity index (χ0v) is 26.9. The molecular formula is C35H41N7O4. The van der Waals surface area contributed by atoms with Gasteiger partial charge in [0.1, 0.15) is 17.8 Å². The van der Waals surface area contributed by atoms with E-state index in [0.29, 0.717) is 36.9 Å². The Bertz CT molecular complexity index is 1700. The van der Waals surface area contributed by atoms with Gasteiger partial charge in [0.05, 0.1) is 18.4 Å².